The van der Waals surface area contributed by atoms with E-state index in [1.165, 1.54) is 17.1 Å². The molecule has 2 aromatic carbocycles. The normalized spacial score (nSPS) is 11.5. The molecule has 1 heterocycles. The molecule has 0 bridgehead atoms. The van der Waals surface area contributed by atoms with Gasteiger partial charge in [0.05, 0.1) is 28.5 Å². The van der Waals surface area contributed by atoms with E-state index in [9.17, 15) is 17.2 Å². The first-order chi connectivity index (χ1) is 12.2. The zero-order chi connectivity index (χ0) is 18.9. The van der Waals surface area contributed by atoms with E-state index >= 15 is 0 Å². The minimum Gasteiger partial charge on any atom is -0.276 e. The molecule has 0 fully saturated rings. The van der Waals surface area contributed by atoms with E-state index in [1.807, 2.05) is 0 Å². The highest BCUT2D eigenvalue weighted by Gasteiger charge is 2.20. The summed E-state index contributed by atoms with van der Waals surface area (Å²) in [6, 6.07) is 7.25. The molecule has 0 unspecified atom stereocenters. The van der Waals surface area contributed by atoms with Gasteiger partial charge in [0.15, 0.2) is 0 Å². The number of rotatable bonds is 5. The third-order valence-corrected chi connectivity index (χ3v) is 5.53. The zero-order valence-electron chi connectivity index (χ0n) is 13.0. The summed E-state index contributed by atoms with van der Waals surface area (Å²) in [5.41, 5.74) is 0.904. The number of nitrogens with zero attached hydrogens (tertiary/aromatic N) is 2. The van der Waals surface area contributed by atoms with E-state index in [2.05, 4.69) is 9.82 Å². The average molecular weight is 418 g/mol. The van der Waals surface area contributed by atoms with Crippen LogP contribution in [0, 0.1) is 11.6 Å². The van der Waals surface area contributed by atoms with Crippen LogP contribution in [0.15, 0.2) is 53.7 Å². The summed E-state index contributed by atoms with van der Waals surface area (Å²) >= 11 is 11.8. The van der Waals surface area contributed by atoms with E-state index < -0.39 is 26.6 Å². The lowest BCUT2D eigenvalue weighted by molar-refractivity contribution is 0.555. The SMILES string of the molecule is O=S(=O)(Nc1cnn(Cc2ccc(Cl)c(Cl)c2)c1)c1cc(F)ccc1F. The van der Waals surface area contributed by atoms with Crippen LogP contribution in [0.3, 0.4) is 0 Å². The van der Waals surface area contributed by atoms with Gasteiger partial charge in [-0.25, -0.2) is 17.2 Å². The number of hydrogen-bond donors (Lipinski definition) is 1. The largest absolute Gasteiger partial charge is 0.276 e. The van der Waals surface area contributed by atoms with Gasteiger partial charge in [0.2, 0.25) is 0 Å². The van der Waals surface area contributed by atoms with Crippen molar-refractivity contribution in [2.45, 2.75) is 11.4 Å². The van der Waals surface area contributed by atoms with Crippen LogP contribution in [-0.4, -0.2) is 18.2 Å². The van der Waals surface area contributed by atoms with Gasteiger partial charge >= 0.3 is 0 Å². The minimum atomic E-state index is -4.30. The van der Waals surface area contributed by atoms with Crippen molar-refractivity contribution in [3.8, 4) is 0 Å². The second-order valence-electron chi connectivity index (χ2n) is 5.36. The molecule has 10 heteroatoms. The van der Waals surface area contributed by atoms with Gasteiger partial charge in [-0.15, -0.1) is 0 Å². The van der Waals surface area contributed by atoms with Crippen LogP contribution >= 0.6 is 23.2 Å². The molecule has 5 nitrogen and oxygen atoms in total. The van der Waals surface area contributed by atoms with Crippen molar-refractivity contribution in [1.29, 1.82) is 0 Å². The molecule has 0 atom stereocenters. The third kappa shape index (κ3) is 4.14. The quantitative estimate of drug-likeness (QED) is 0.672. The fraction of sp³-hybridized carbons (Fsp3) is 0.0625. The Morgan fingerprint density at radius 3 is 2.58 bits per heavy atom. The van der Waals surface area contributed by atoms with E-state index in [1.54, 1.807) is 18.2 Å². The Labute approximate surface area is 158 Å². The molecular weight excluding hydrogens is 407 g/mol. The van der Waals surface area contributed by atoms with E-state index in [0.717, 1.165) is 17.7 Å². The number of halogens is 4. The maximum absolute atomic E-state index is 13.7. The summed E-state index contributed by atoms with van der Waals surface area (Å²) in [6.07, 6.45) is 2.67. The number of aromatic nitrogens is 2. The van der Waals surface area contributed by atoms with Crippen LogP contribution < -0.4 is 4.72 Å². The van der Waals surface area contributed by atoms with Crippen molar-refractivity contribution >= 4 is 38.9 Å². The maximum atomic E-state index is 13.7. The Morgan fingerprint density at radius 1 is 1.08 bits per heavy atom. The summed E-state index contributed by atoms with van der Waals surface area (Å²) in [7, 11) is -4.30. The standard InChI is InChI=1S/C16H11Cl2F2N3O2S/c17-13-3-1-10(5-14(13)18)8-23-9-12(7-21-23)22-26(24,25)16-6-11(19)2-4-15(16)20/h1-7,9,22H,8H2. The highest BCUT2D eigenvalue weighted by atomic mass is 35.5. The van der Waals surface area contributed by atoms with Gasteiger partial charge in [0, 0.05) is 6.20 Å². The van der Waals surface area contributed by atoms with Crippen LogP contribution in [0.25, 0.3) is 0 Å². The molecule has 0 aliphatic carbocycles. The Morgan fingerprint density at radius 2 is 1.85 bits per heavy atom. The number of benzene rings is 2. The average Bonchev–Trinajstić information content (AvgIpc) is 2.99. The number of nitrogens with one attached hydrogen (secondary N) is 1. The summed E-state index contributed by atoms with van der Waals surface area (Å²) in [6.45, 7) is 0.312. The highest BCUT2D eigenvalue weighted by molar-refractivity contribution is 7.92. The van der Waals surface area contributed by atoms with Gasteiger partial charge in [0.1, 0.15) is 16.5 Å². The smallest absolute Gasteiger partial charge is 0.265 e. The van der Waals surface area contributed by atoms with Gasteiger partial charge in [-0.1, -0.05) is 29.3 Å². The minimum absolute atomic E-state index is 0.105. The maximum Gasteiger partial charge on any atom is 0.265 e. The van der Waals surface area contributed by atoms with Gasteiger partial charge in [-0.05, 0) is 35.9 Å². The van der Waals surface area contributed by atoms with Gasteiger partial charge in [-0.3, -0.25) is 9.40 Å². The summed E-state index contributed by atoms with van der Waals surface area (Å²) in [4.78, 5) is -0.783. The third-order valence-electron chi connectivity index (χ3n) is 3.40. The summed E-state index contributed by atoms with van der Waals surface area (Å²) in [5.74, 6) is -1.91. The van der Waals surface area contributed by atoms with Crippen molar-refractivity contribution in [1.82, 2.24) is 9.78 Å². The monoisotopic (exact) mass is 417 g/mol. The molecule has 0 saturated heterocycles. The van der Waals surface area contributed by atoms with Crippen molar-refractivity contribution in [2.75, 3.05) is 4.72 Å². The Balaban J connectivity index is 1.79. The van der Waals surface area contributed by atoms with E-state index in [0.29, 0.717) is 22.7 Å². The van der Waals surface area contributed by atoms with E-state index in [4.69, 9.17) is 23.2 Å². The van der Waals surface area contributed by atoms with Gasteiger partial charge < -0.3 is 0 Å². The summed E-state index contributed by atoms with van der Waals surface area (Å²) < 4.78 is 55.0. The zero-order valence-corrected chi connectivity index (χ0v) is 15.3. The van der Waals surface area contributed by atoms with Gasteiger partial charge in [0.25, 0.3) is 10.0 Å². The van der Waals surface area contributed by atoms with Crippen molar-refractivity contribution < 1.29 is 17.2 Å². The molecule has 0 radical (unpaired) electrons. The predicted molar refractivity (Wildman–Crippen MR) is 95.0 cm³/mol. The first-order valence-corrected chi connectivity index (χ1v) is 9.43. The number of anilines is 1. The molecule has 0 spiro atoms. The molecule has 0 saturated carbocycles. The van der Waals surface area contributed by atoms with Crippen LogP contribution in [0.4, 0.5) is 14.5 Å². The molecule has 3 rings (SSSR count). The topological polar surface area (TPSA) is 64.0 Å². The molecular formula is C16H11Cl2F2N3O2S. The Kier molecular flexibility index (Phi) is 5.17. The second kappa shape index (κ2) is 7.22. The van der Waals surface area contributed by atoms with E-state index in [-0.39, 0.29) is 5.69 Å². The fourth-order valence-electron chi connectivity index (χ4n) is 2.22. The van der Waals surface area contributed by atoms with Gasteiger partial charge in [-0.2, -0.15) is 5.10 Å². The molecule has 136 valence electrons. The lowest BCUT2D eigenvalue weighted by Gasteiger charge is -2.07. The van der Waals surface area contributed by atoms with Crippen LogP contribution in [0.5, 0.6) is 0 Å². The summed E-state index contributed by atoms with van der Waals surface area (Å²) in [5, 5.41) is 4.83. The van der Waals surface area contributed by atoms with Crippen molar-refractivity contribution in [2.24, 2.45) is 0 Å². The molecule has 0 amide bonds. The van der Waals surface area contributed by atoms with Crippen LogP contribution in [0.1, 0.15) is 5.56 Å². The predicted octanol–water partition coefficient (Wildman–Crippen LogP) is 4.32. The highest BCUT2D eigenvalue weighted by Crippen LogP contribution is 2.23. The lowest BCUT2D eigenvalue weighted by Crippen LogP contribution is -2.14. The Bertz CT molecular complexity index is 1070. The first-order valence-electron chi connectivity index (χ1n) is 7.19. The van der Waals surface area contributed by atoms with Crippen LogP contribution in [0.2, 0.25) is 10.0 Å². The molecule has 0 aliphatic rings. The molecule has 0 aliphatic heterocycles. The number of sulfonamides is 1. The molecule has 1 N–H and O–H groups in total. The molecule has 1 aromatic heterocycles. The van der Waals surface area contributed by atoms with Crippen molar-refractivity contribution in [3.05, 3.63) is 76.0 Å². The first kappa shape index (κ1) is 18.6. The fourth-order valence-corrected chi connectivity index (χ4v) is 3.66. The Hall–Kier alpha value is -2.16. The van der Waals surface area contributed by atoms with Crippen LogP contribution in [-0.2, 0) is 16.6 Å². The molecule has 26 heavy (non-hydrogen) atoms. The number of hydrogen-bond acceptors (Lipinski definition) is 3. The second-order valence-corrected chi connectivity index (χ2v) is 7.82. The molecule has 3 aromatic rings. The van der Waals surface area contributed by atoms with Crippen molar-refractivity contribution in [3.63, 3.8) is 0 Å². The lowest BCUT2D eigenvalue weighted by atomic mass is 10.2.